The van der Waals surface area contributed by atoms with Crippen molar-refractivity contribution >= 4 is 17.9 Å². The van der Waals surface area contributed by atoms with Crippen LogP contribution in [0.25, 0.3) is 0 Å². The Balaban J connectivity index is 3.06. The molecule has 0 amide bonds. The van der Waals surface area contributed by atoms with Gasteiger partial charge in [-0.15, -0.1) is 0 Å². The third-order valence-corrected chi connectivity index (χ3v) is 4.31. The van der Waals surface area contributed by atoms with Crippen molar-refractivity contribution in [3.8, 4) is 0 Å². The summed E-state index contributed by atoms with van der Waals surface area (Å²) in [4.78, 5) is 36.8. The minimum absolute atomic E-state index is 0.447. The average Bonchev–Trinajstić information content (AvgIpc) is 2.86. The molecule has 0 aliphatic carbocycles. The lowest BCUT2D eigenvalue weighted by Crippen LogP contribution is -2.48. The zero-order chi connectivity index (χ0) is 23.7. The molecule has 1 heterocycles. The number of carbonyl (C=O) groups excluding carboxylic acids is 3. The standard InChI is InChI=1S/C21H36O9/c1-19(2,3)16(24)27-10-11(22)12-13(29-17(25)20(4,5)6)14(15(23)28-12)30-18(26)21(7,8)9/h11-15,22-23H,10H2,1-9H3/t11?,12-,13?,14?,15+/m0/s1. The van der Waals surface area contributed by atoms with Gasteiger partial charge in [0.25, 0.3) is 0 Å². The first-order chi connectivity index (χ1) is 13.4. The van der Waals surface area contributed by atoms with Crippen molar-refractivity contribution in [2.45, 2.75) is 93.0 Å². The molecule has 174 valence electrons. The second kappa shape index (κ2) is 9.20. The van der Waals surface area contributed by atoms with Crippen LogP contribution >= 0.6 is 0 Å². The van der Waals surface area contributed by atoms with Gasteiger partial charge in [-0.05, 0) is 62.3 Å². The van der Waals surface area contributed by atoms with Crippen LogP contribution in [0.2, 0.25) is 0 Å². The van der Waals surface area contributed by atoms with E-state index in [4.69, 9.17) is 18.9 Å². The normalized spacial score (nSPS) is 26.1. The number of hydrogen-bond donors (Lipinski definition) is 2. The Bertz CT molecular complexity index is 636. The summed E-state index contributed by atoms with van der Waals surface area (Å²) in [6.07, 6.45) is -6.96. The summed E-state index contributed by atoms with van der Waals surface area (Å²) >= 11 is 0. The first-order valence-corrected chi connectivity index (χ1v) is 9.96. The maximum absolute atomic E-state index is 12.5. The molecule has 1 aliphatic heterocycles. The van der Waals surface area contributed by atoms with E-state index in [-0.39, 0.29) is 0 Å². The van der Waals surface area contributed by atoms with Gasteiger partial charge in [-0.25, -0.2) is 0 Å². The van der Waals surface area contributed by atoms with Gasteiger partial charge in [0.15, 0.2) is 18.5 Å². The predicted octanol–water partition coefficient (Wildman–Crippen LogP) is 1.57. The van der Waals surface area contributed by atoms with Gasteiger partial charge >= 0.3 is 17.9 Å². The van der Waals surface area contributed by atoms with Crippen LogP contribution < -0.4 is 0 Å². The van der Waals surface area contributed by atoms with Crippen molar-refractivity contribution in [3.63, 3.8) is 0 Å². The van der Waals surface area contributed by atoms with Crippen molar-refractivity contribution in [1.29, 1.82) is 0 Å². The molecule has 1 saturated heterocycles. The number of esters is 3. The second-order valence-corrected chi connectivity index (χ2v) is 10.6. The minimum atomic E-state index is -1.63. The molecule has 0 spiro atoms. The van der Waals surface area contributed by atoms with E-state index in [2.05, 4.69) is 0 Å². The molecule has 0 saturated carbocycles. The quantitative estimate of drug-likeness (QED) is 0.491. The van der Waals surface area contributed by atoms with Gasteiger partial charge in [-0.2, -0.15) is 0 Å². The Kier molecular flexibility index (Phi) is 8.07. The molecule has 3 unspecified atom stereocenters. The highest BCUT2D eigenvalue weighted by atomic mass is 16.7. The summed E-state index contributed by atoms with van der Waals surface area (Å²) in [6, 6.07) is 0. The molecule has 5 atom stereocenters. The van der Waals surface area contributed by atoms with Crippen LogP contribution in [0, 0.1) is 16.2 Å². The number of hydrogen-bond acceptors (Lipinski definition) is 9. The van der Waals surface area contributed by atoms with Crippen molar-refractivity contribution < 1.29 is 43.5 Å². The Morgan fingerprint density at radius 2 is 1.20 bits per heavy atom. The van der Waals surface area contributed by atoms with Gasteiger partial charge in [0, 0.05) is 0 Å². The van der Waals surface area contributed by atoms with Crippen LogP contribution in [0.1, 0.15) is 62.3 Å². The lowest BCUT2D eigenvalue weighted by molar-refractivity contribution is -0.186. The highest BCUT2D eigenvalue weighted by molar-refractivity contribution is 5.77. The van der Waals surface area contributed by atoms with Crippen LogP contribution in [0.15, 0.2) is 0 Å². The fraction of sp³-hybridized carbons (Fsp3) is 0.857. The number of aliphatic hydroxyl groups excluding tert-OH is 2. The van der Waals surface area contributed by atoms with E-state index in [9.17, 15) is 24.6 Å². The average molecular weight is 433 g/mol. The summed E-state index contributed by atoms with van der Waals surface area (Å²) < 4.78 is 21.3. The Morgan fingerprint density at radius 3 is 1.60 bits per heavy atom. The van der Waals surface area contributed by atoms with Crippen molar-refractivity contribution in [1.82, 2.24) is 0 Å². The van der Waals surface area contributed by atoms with Gasteiger partial charge in [0.1, 0.15) is 18.8 Å². The van der Waals surface area contributed by atoms with E-state index >= 15 is 0 Å². The predicted molar refractivity (Wildman–Crippen MR) is 106 cm³/mol. The largest absolute Gasteiger partial charge is 0.462 e. The lowest BCUT2D eigenvalue weighted by Gasteiger charge is -2.30. The first-order valence-electron chi connectivity index (χ1n) is 9.96. The summed E-state index contributed by atoms with van der Waals surface area (Å²) in [7, 11) is 0. The van der Waals surface area contributed by atoms with Gasteiger partial charge in [0.2, 0.25) is 0 Å². The Labute approximate surface area is 178 Å². The van der Waals surface area contributed by atoms with E-state index < -0.39 is 71.5 Å². The summed E-state index contributed by atoms with van der Waals surface area (Å²) in [5, 5.41) is 20.8. The van der Waals surface area contributed by atoms with Gasteiger partial charge in [0.05, 0.1) is 16.2 Å². The molecule has 1 rings (SSSR count). The SMILES string of the molecule is CC(C)(C)C(=O)OCC(O)[C@@H]1O[C@@H](O)C(OC(=O)C(C)(C)C)C1OC(=O)C(C)(C)C. The summed E-state index contributed by atoms with van der Waals surface area (Å²) in [5.41, 5.74) is -2.55. The highest BCUT2D eigenvalue weighted by Gasteiger charge is 2.53. The van der Waals surface area contributed by atoms with Gasteiger partial charge in [-0.1, -0.05) is 0 Å². The van der Waals surface area contributed by atoms with Crippen molar-refractivity contribution in [2.24, 2.45) is 16.2 Å². The topological polar surface area (TPSA) is 129 Å². The summed E-state index contributed by atoms with van der Waals surface area (Å²) in [6.45, 7) is 14.3. The molecule has 0 aromatic carbocycles. The molecule has 9 heteroatoms. The summed E-state index contributed by atoms with van der Waals surface area (Å²) in [5.74, 6) is -1.81. The van der Waals surface area contributed by atoms with Crippen LogP contribution in [0.3, 0.4) is 0 Å². The highest BCUT2D eigenvalue weighted by Crippen LogP contribution is 2.32. The molecule has 9 nitrogen and oxygen atoms in total. The molecule has 2 N–H and O–H groups in total. The smallest absolute Gasteiger partial charge is 0.311 e. The molecule has 0 aromatic heterocycles. The number of ether oxygens (including phenoxy) is 4. The number of carbonyl (C=O) groups is 3. The molecular weight excluding hydrogens is 396 g/mol. The third-order valence-electron chi connectivity index (χ3n) is 4.31. The van der Waals surface area contributed by atoms with E-state index in [0.29, 0.717) is 0 Å². The van der Waals surface area contributed by atoms with Gasteiger partial charge < -0.3 is 29.2 Å². The van der Waals surface area contributed by atoms with Crippen LogP contribution in [0.5, 0.6) is 0 Å². The molecule has 30 heavy (non-hydrogen) atoms. The van der Waals surface area contributed by atoms with Crippen LogP contribution in [-0.4, -0.2) is 65.4 Å². The monoisotopic (exact) mass is 432 g/mol. The Morgan fingerprint density at radius 1 is 0.800 bits per heavy atom. The van der Waals surface area contributed by atoms with Crippen molar-refractivity contribution in [2.75, 3.05) is 6.61 Å². The molecular formula is C21H36O9. The third kappa shape index (κ3) is 6.92. The fourth-order valence-corrected chi connectivity index (χ4v) is 2.31. The van der Waals surface area contributed by atoms with Crippen LogP contribution in [0.4, 0.5) is 0 Å². The second-order valence-electron chi connectivity index (χ2n) is 10.6. The van der Waals surface area contributed by atoms with Crippen molar-refractivity contribution in [3.05, 3.63) is 0 Å². The minimum Gasteiger partial charge on any atom is -0.462 e. The Hall–Kier alpha value is -1.71. The van der Waals surface area contributed by atoms with Gasteiger partial charge in [-0.3, -0.25) is 14.4 Å². The number of rotatable bonds is 5. The molecule has 0 radical (unpaired) electrons. The van der Waals surface area contributed by atoms with E-state index in [1.54, 1.807) is 62.3 Å². The maximum atomic E-state index is 12.5. The zero-order valence-electron chi connectivity index (χ0n) is 19.3. The maximum Gasteiger partial charge on any atom is 0.311 e. The number of aliphatic hydroxyl groups is 2. The van der Waals surface area contributed by atoms with E-state index in [1.165, 1.54) is 0 Å². The van der Waals surface area contributed by atoms with E-state index in [0.717, 1.165) is 0 Å². The zero-order valence-corrected chi connectivity index (χ0v) is 19.3. The first kappa shape index (κ1) is 26.3. The fourth-order valence-electron chi connectivity index (χ4n) is 2.31. The van der Waals surface area contributed by atoms with E-state index in [1.807, 2.05) is 0 Å². The van der Waals surface area contributed by atoms with Crippen LogP contribution in [-0.2, 0) is 33.3 Å². The molecule has 1 fully saturated rings. The molecule has 0 aromatic rings. The molecule has 1 aliphatic rings. The lowest BCUT2D eigenvalue weighted by atomic mass is 9.96. The molecule has 0 bridgehead atoms.